The van der Waals surface area contributed by atoms with Gasteiger partial charge in [0.15, 0.2) is 0 Å². The van der Waals surface area contributed by atoms with Gasteiger partial charge in [-0.25, -0.2) is 4.39 Å². The number of rotatable bonds is 4. The summed E-state index contributed by atoms with van der Waals surface area (Å²) in [5, 5.41) is 2.48. The number of carbonyl (C=O) groups is 1. The van der Waals surface area contributed by atoms with Crippen LogP contribution in [0.4, 0.5) is 10.1 Å². The van der Waals surface area contributed by atoms with Crippen LogP contribution in [0.1, 0.15) is 12.5 Å². The molecule has 0 aliphatic rings. The lowest BCUT2D eigenvalue weighted by Gasteiger charge is -2.12. The third-order valence-electron chi connectivity index (χ3n) is 2.86. The van der Waals surface area contributed by atoms with Gasteiger partial charge in [-0.2, -0.15) is 0 Å². The van der Waals surface area contributed by atoms with E-state index >= 15 is 0 Å². The van der Waals surface area contributed by atoms with Gasteiger partial charge in [-0.1, -0.05) is 24.3 Å². The van der Waals surface area contributed by atoms with Gasteiger partial charge in [-0.05, 0) is 43.7 Å². The van der Waals surface area contributed by atoms with E-state index < -0.39 is 0 Å². The van der Waals surface area contributed by atoms with Gasteiger partial charge in [-0.15, -0.1) is 11.8 Å². The molecule has 0 bridgehead atoms. The molecule has 1 atom stereocenters. The van der Waals surface area contributed by atoms with Gasteiger partial charge in [0.2, 0.25) is 5.91 Å². The van der Waals surface area contributed by atoms with Crippen molar-refractivity contribution in [2.45, 2.75) is 24.0 Å². The maximum absolute atomic E-state index is 13.4. The molecule has 1 unspecified atom stereocenters. The normalized spacial score (nSPS) is 11.9. The summed E-state index contributed by atoms with van der Waals surface area (Å²) in [4.78, 5) is 13.1. The monoisotopic (exact) mass is 289 g/mol. The SMILES string of the molecule is Cc1ccc(NC(=O)C(C)Sc2ccccc2)cc1F. The van der Waals surface area contributed by atoms with Crippen molar-refractivity contribution in [3.8, 4) is 0 Å². The van der Waals surface area contributed by atoms with E-state index in [0.717, 1.165) is 4.90 Å². The highest BCUT2D eigenvalue weighted by Crippen LogP contribution is 2.24. The van der Waals surface area contributed by atoms with E-state index in [2.05, 4.69) is 5.32 Å². The number of benzene rings is 2. The van der Waals surface area contributed by atoms with E-state index in [0.29, 0.717) is 11.3 Å². The fraction of sp³-hybridized carbons (Fsp3) is 0.188. The van der Waals surface area contributed by atoms with Crippen molar-refractivity contribution < 1.29 is 9.18 Å². The minimum absolute atomic E-state index is 0.137. The summed E-state index contributed by atoms with van der Waals surface area (Å²) in [6.45, 7) is 3.52. The van der Waals surface area contributed by atoms with Crippen molar-refractivity contribution in [3.05, 3.63) is 59.9 Å². The highest BCUT2D eigenvalue weighted by atomic mass is 32.2. The third kappa shape index (κ3) is 3.84. The zero-order valence-electron chi connectivity index (χ0n) is 11.4. The largest absolute Gasteiger partial charge is 0.325 e. The summed E-state index contributed by atoms with van der Waals surface area (Å²) in [7, 11) is 0. The topological polar surface area (TPSA) is 29.1 Å². The Morgan fingerprint density at radius 1 is 1.20 bits per heavy atom. The van der Waals surface area contributed by atoms with Crippen LogP contribution < -0.4 is 5.32 Å². The molecular weight excluding hydrogens is 273 g/mol. The number of halogens is 1. The smallest absolute Gasteiger partial charge is 0.237 e. The zero-order valence-corrected chi connectivity index (χ0v) is 12.2. The lowest BCUT2D eigenvalue weighted by molar-refractivity contribution is -0.115. The van der Waals surface area contributed by atoms with Gasteiger partial charge in [0.25, 0.3) is 0 Å². The average molecular weight is 289 g/mol. The molecule has 0 saturated carbocycles. The third-order valence-corrected chi connectivity index (χ3v) is 3.98. The van der Waals surface area contributed by atoms with E-state index in [1.54, 1.807) is 19.1 Å². The van der Waals surface area contributed by atoms with Crippen LogP contribution in [-0.4, -0.2) is 11.2 Å². The molecule has 0 aliphatic heterocycles. The Morgan fingerprint density at radius 2 is 1.90 bits per heavy atom. The van der Waals surface area contributed by atoms with Gasteiger partial charge in [-0.3, -0.25) is 4.79 Å². The lowest BCUT2D eigenvalue weighted by atomic mass is 10.2. The number of hydrogen-bond acceptors (Lipinski definition) is 2. The molecule has 104 valence electrons. The van der Waals surface area contributed by atoms with Gasteiger partial charge >= 0.3 is 0 Å². The molecular formula is C16H16FNOS. The van der Waals surface area contributed by atoms with Gasteiger partial charge < -0.3 is 5.32 Å². The summed E-state index contributed by atoms with van der Waals surface area (Å²) in [5.74, 6) is -0.451. The van der Waals surface area contributed by atoms with Crippen LogP contribution in [0.2, 0.25) is 0 Å². The molecule has 4 heteroatoms. The highest BCUT2D eigenvalue weighted by Gasteiger charge is 2.14. The molecule has 0 aromatic heterocycles. The maximum atomic E-state index is 13.4. The molecule has 2 nitrogen and oxygen atoms in total. The first kappa shape index (κ1) is 14.6. The Labute approximate surface area is 122 Å². The van der Waals surface area contributed by atoms with Crippen molar-refractivity contribution in [1.29, 1.82) is 0 Å². The molecule has 0 aliphatic carbocycles. The maximum Gasteiger partial charge on any atom is 0.237 e. The van der Waals surface area contributed by atoms with Crippen molar-refractivity contribution >= 4 is 23.4 Å². The number of anilines is 1. The number of carbonyl (C=O) groups excluding carboxylic acids is 1. The predicted octanol–water partition coefficient (Wildman–Crippen LogP) is 4.25. The Hall–Kier alpha value is -1.81. The summed E-state index contributed by atoms with van der Waals surface area (Å²) in [6, 6.07) is 14.4. The Kier molecular flexibility index (Phi) is 4.79. The predicted molar refractivity (Wildman–Crippen MR) is 81.5 cm³/mol. The standard InChI is InChI=1S/C16H16FNOS/c1-11-8-9-13(10-15(11)17)18-16(19)12(2)20-14-6-4-3-5-7-14/h3-10,12H,1-2H3,(H,18,19). The van der Waals surface area contributed by atoms with E-state index in [1.807, 2.05) is 37.3 Å². The summed E-state index contributed by atoms with van der Waals surface area (Å²) in [6.07, 6.45) is 0. The summed E-state index contributed by atoms with van der Waals surface area (Å²) < 4.78 is 13.4. The van der Waals surface area contributed by atoms with Gasteiger partial charge in [0, 0.05) is 10.6 Å². The van der Waals surface area contributed by atoms with E-state index in [1.165, 1.54) is 17.8 Å². The first-order valence-corrected chi connectivity index (χ1v) is 7.23. The first-order chi connectivity index (χ1) is 9.56. The summed E-state index contributed by atoms with van der Waals surface area (Å²) in [5.41, 5.74) is 1.05. The molecule has 1 N–H and O–H groups in total. The van der Waals surface area contributed by atoms with E-state index in [9.17, 15) is 9.18 Å². The molecule has 0 saturated heterocycles. The van der Waals surface area contributed by atoms with Crippen LogP contribution in [0.5, 0.6) is 0 Å². The number of aryl methyl sites for hydroxylation is 1. The van der Waals surface area contributed by atoms with Crippen molar-refractivity contribution in [2.24, 2.45) is 0 Å². The van der Waals surface area contributed by atoms with Crippen molar-refractivity contribution in [1.82, 2.24) is 0 Å². The molecule has 0 radical (unpaired) electrons. The molecule has 0 fully saturated rings. The molecule has 0 heterocycles. The first-order valence-electron chi connectivity index (χ1n) is 6.35. The average Bonchev–Trinajstić information content (AvgIpc) is 2.44. The lowest BCUT2D eigenvalue weighted by Crippen LogP contribution is -2.22. The Morgan fingerprint density at radius 3 is 2.55 bits per heavy atom. The zero-order chi connectivity index (χ0) is 14.5. The van der Waals surface area contributed by atoms with Crippen LogP contribution in [0.15, 0.2) is 53.4 Å². The number of hydrogen-bond donors (Lipinski definition) is 1. The van der Waals surface area contributed by atoms with Gasteiger partial charge in [0.05, 0.1) is 5.25 Å². The highest BCUT2D eigenvalue weighted by molar-refractivity contribution is 8.00. The second kappa shape index (κ2) is 6.57. The van der Waals surface area contributed by atoms with Crippen molar-refractivity contribution in [2.75, 3.05) is 5.32 Å². The van der Waals surface area contributed by atoms with Crippen LogP contribution in [-0.2, 0) is 4.79 Å². The molecule has 2 aromatic carbocycles. The molecule has 2 rings (SSSR count). The molecule has 0 spiro atoms. The minimum atomic E-state index is -0.314. The van der Waals surface area contributed by atoms with Crippen LogP contribution >= 0.6 is 11.8 Å². The van der Waals surface area contributed by atoms with Crippen molar-refractivity contribution in [3.63, 3.8) is 0 Å². The fourth-order valence-corrected chi connectivity index (χ4v) is 2.56. The molecule has 20 heavy (non-hydrogen) atoms. The van der Waals surface area contributed by atoms with Crippen LogP contribution in [0.3, 0.4) is 0 Å². The second-order valence-corrected chi connectivity index (χ2v) is 5.94. The van der Waals surface area contributed by atoms with Crippen LogP contribution in [0.25, 0.3) is 0 Å². The van der Waals surface area contributed by atoms with E-state index in [-0.39, 0.29) is 17.0 Å². The molecule has 2 aromatic rings. The number of nitrogens with one attached hydrogen (secondary N) is 1. The van der Waals surface area contributed by atoms with E-state index in [4.69, 9.17) is 0 Å². The fourth-order valence-electron chi connectivity index (χ4n) is 1.67. The minimum Gasteiger partial charge on any atom is -0.325 e. The van der Waals surface area contributed by atoms with Crippen LogP contribution in [0, 0.1) is 12.7 Å². The number of thioether (sulfide) groups is 1. The second-order valence-electron chi connectivity index (χ2n) is 4.53. The molecule has 1 amide bonds. The Bertz CT molecular complexity index is 601. The van der Waals surface area contributed by atoms with Gasteiger partial charge in [0.1, 0.15) is 5.82 Å². The quantitative estimate of drug-likeness (QED) is 0.852. The number of amides is 1. The Balaban J connectivity index is 1.99. The summed E-state index contributed by atoms with van der Waals surface area (Å²) >= 11 is 1.47.